The van der Waals surface area contributed by atoms with Crippen LogP contribution >= 0.6 is 23.2 Å². The van der Waals surface area contributed by atoms with Crippen molar-refractivity contribution in [1.82, 2.24) is 30.3 Å². The second-order valence-electron chi connectivity index (χ2n) is 12.2. The van der Waals surface area contributed by atoms with Gasteiger partial charge < -0.3 is 30.9 Å². The molecule has 5 N–H and O–H groups in total. The molecule has 0 aliphatic carbocycles. The van der Waals surface area contributed by atoms with Crippen LogP contribution in [0.4, 0.5) is 0 Å². The number of hydrogen-bond acceptors (Lipinski definition) is 9. The second-order valence-corrected chi connectivity index (χ2v) is 13.0. The molecule has 2 atom stereocenters. The van der Waals surface area contributed by atoms with Crippen LogP contribution in [0.1, 0.15) is 30.4 Å². The minimum Gasteiger partial charge on any atom is -0.481 e. The Morgan fingerprint density at radius 3 is 2.41 bits per heavy atom. The number of benzene rings is 2. The maximum Gasteiger partial charge on any atom is 0.306 e. The number of carboxylic acid groups (broad SMARTS) is 1. The molecule has 1 amide bonds. The predicted octanol–water partition coefficient (Wildman–Crippen LogP) is 4.70. The lowest BCUT2D eigenvalue weighted by molar-refractivity contribution is -0.139. The van der Waals surface area contributed by atoms with Crippen molar-refractivity contribution in [2.45, 2.75) is 44.5 Å². The number of nitrogens with zero attached hydrogens (tertiary/aromatic N) is 3. The van der Waals surface area contributed by atoms with Crippen molar-refractivity contribution in [3.8, 4) is 39.4 Å². The number of carbonyl (C=O) groups is 2. The number of halogens is 2. The summed E-state index contributed by atoms with van der Waals surface area (Å²) in [5.74, 6) is -0.551. The van der Waals surface area contributed by atoms with Crippen LogP contribution < -0.4 is 26.2 Å². The zero-order valence-electron chi connectivity index (χ0n) is 27.7. The van der Waals surface area contributed by atoms with Crippen LogP contribution in [-0.4, -0.2) is 68.8 Å². The van der Waals surface area contributed by atoms with Gasteiger partial charge in [-0.3, -0.25) is 18.8 Å². The zero-order chi connectivity index (χ0) is 36.1. The van der Waals surface area contributed by atoms with Crippen molar-refractivity contribution in [2.75, 3.05) is 20.2 Å². The molecule has 0 unspecified atom stereocenters. The van der Waals surface area contributed by atoms with E-state index in [9.17, 15) is 19.5 Å². The molecule has 12 nitrogen and oxygen atoms in total. The number of nitrogens with one attached hydrogen (secondary N) is 3. The Hall–Kier alpha value is -4.85. The smallest absolute Gasteiger partial charge is 0.306 e. The predicted molar refractivity (Wildman–Crippen MR) is 195 cm³/mol. The molecule has 1 aliphatic rings. The van der Waals surface area contributed by atoms with Gasteiger partial charge in [0.2, 0.25) is 11.8 Å². The topological polar surface area (TPSA) is 167 Å². The number of aliphatic hydroxyl groups excluding tert-OH is 1. The molecule has 1 fully saturated rings. The van der Waals surface area contributed by atoms with E-state index < -0.39 is 18.5 Å². The summed E-state index contributed by atoms with van der Waals surface area (Å²) < 4.78 is 7.05. The van der Waals surface area contributed by atoms with E-state index in [1.165, 1.54) is 10.6 Å². The van der Waals surface area contributed by atoms with E-state index in [-0.39, 0.29) is 30.6 Å². The average molecular weight is 732 g/mol. The van der Waals surface area contributed by atoms with E-state index >= 15 is 0 Å². The molecular formula is C37H36Cl2N6O6. The van der Waals surface area contributed by atoms with Crippen LogP contribution in [0.2, 0.25) is 10.0 Å². The van der Waals surface area contributed by atoms with Crippen molar-refractivity contribution >= 4 is 40.7 Å². The van der Waals surface area contributed by atoms with Gasteiger partial charge in [0.15, 0.2) is 0 Å². The molecule has 14 heteroatoms. The van der Waals surface area contributed by atoms with E-state index in [1.54, 1.807) is 25.4 Å². The monoisotopic (exact) mass is 730 g/mol. The summed E-state index contributed by atoms with van der Waals surface area (Å²) in [4.78, 5) is 44.7. The Morgan fingerprint density at radius 1 is 1.00 bits per heavy atom. The summed E-state index contributed by atoms with van der Waals surface area (Å²) in [5.41, 5.74) is 5.60. The quantitative estimate of drug-likeness (QED) is 0.108. The number of carboxylic acids is 1. The third-order valence-electron chi connectivity index (χ3n) is 8.68. The molecular weight excluding hydrogens is 695 g/mol. The van der Waals surface area contributed by atoms with Gasteiger partial charge in [0, 0.05) is 84.4 Å². The van der Waals surface area contributed by atoms with Crippen LogP contribution in [0.3, 0.4) is 0 Å². The summed E-state index contributed by atoms with van der Waals surface area (Å²) in [5, 5.41) is 28.8. The Balaban J connectivity index is 1.22. The molecule has 1 saturated heterocycles. The van der Waals surface area contributed by atoms with E-state index in [0.29, 0.717) is 69.0 Å². The summed E-state index contributed by atoms with van der Waals surface area (Å²) in [7, 11) is 1.57. The van der Waals surface area contributed by atoms with Crippen LogP contribution in [0, 0.1) is 0 Å². The summed E-state index contributed by atoms with van der Waals surface area (Å²) in [6.07, 6.45) is 3.00. The second kappa shape index (κ2) is 16.0. The van der Waals surface area contributed by atoms with E-state index in [1.807, 2.05) is 48.5 Å². The third kappa shape index (κ3) is 8.22. The Morgan fingerprint density at radius 2 is 1.71 bits per heavy atom. The third-order valence-corrected chi connectivity index (χ3v) is 9.50. The molecule has 4 heterocycles. The lowest BCUT2D eigenvalue weighted by atomic mass is 9.97. The highest BCUT2D eigenvalue weighted by atomic mass is 35.5. The lowest BCUT2D eigenvalue weighted by Crippen LogP contribution is -2.35. The molecule has 0 spiro atoms. The van der Waals surface area contributed by atoms with Gasteiger partial charge in [-0.25, -0.2) is 9.97 Å². The maximum absolute atomic E-state index is 13.1. The lowest BCUT2D eigenvalue weighted by Gasteiger charge is -2.16. The number of ether oxygens (including phenoxy) is 1. The number of rotatable bonds is 14. The van der Waals surface area contributed by atoms with Gasteiger partial charge in [-0.15, -0.1) is 0 Å². The highest BCUT2D eigenvalue weighted by Gasteiger charge is 2.21. The first-order valence-corrected chi connectivity index (χ1v) is 17.1. The number of aromatic nitrogens is 3. The molecule has 2 aromatic carbocycles. The van der Waals surface area contributed by atoms with Crippen molar-refractivity contribution in [3.05, 3.63) is 105 Å². The first-order valence-electron chi connectivity index (χ1n) is 16.4. The number of fused-ring (bicyclic) bond motifs is 1. The van der Waals surface area contributed by atoms with Crippen LogP contribution in [0.25, 0.3) is 39.2 Å². The van der Waals surface area contributed by atoms with Crippen molar-refractivity contribution in [2.24, 2.45) is 0 Å². The van der Waals surface area contributed by atoms with Crippen LogP contribution in [0.15, 0.2) is 77.9 Å². The number of aliphatic hydroxyl groups is 1. The molecule has 51 heavy (non-hydrogen) atoms. The Labute approximate surface area is 303 Å². The van der Waals surface area contributed by atoms with E-state index in [0.717, 1.165) is 23.1 Å². The van der Waals surface area contributed by atoms with Crippen molar-refractivity contribution < 1.29 is 24.5 Å². The molecule has 1 aliphatic heterocycles. The number of pyridine rings is 2. The summed E-state index contributed by atoms with van der Waals surface area (Å²) >= 11 is 14.1. The first kappa shape index (κ1) is 36.0. The highest BCUT2D eigenvalue weighted by molar-refractivity contribution is 6.39. The van der Waals surface area contributed by atoms with Crippen LogP contribution in [-0.2, 0) is 22.7 Å². The number of methoxy groups -OCH3 is 1. The first-order chi connectivity index (χ1) is 24.6. The summed E-state index contributed by atoms with van der Waals surface area (Å²) in [6, 6.07) is 18.9. The molecule has 6 rings (SSSR count). The zero-order valence-corrected chi connectivity index (χ0v) is 29.2. The van der Waals surface area contributed by atoms with E-state index in [4.69, 9.17) is 38.0 Å². The molecule has 0 bridgehead atoms. The number of hydrogen-bond donors (Lipinski definition) is 5. The SMILES string of the molecule is COc1nc(-c2cccc(-c3cccc(-c4ccn5c(=O)c(CNC[C@H](O)CC(=O)O)cnc5c4)c3Cl)c2Cl)ccc1CNC[C@H]1CCC(=O)N1. The minimum absolute atomic E-state index is 0.0218. The average Bonchev–Trinajstić information content (AvgIpc) is 3.54. The Kier molecular flexibility index (Phi) is 11.3. The van der Waals surface area contributed by atoms with Gasteiger partial charge in [0.25, 0.3) is 5.56 Å². The number of amides is 1. The summed E-state index contributed by atoms with van der Waals surface area (Å²) in [6.45, 7) is 1.32. The molecule has 5 aromatic rings. The molecule has 264 valence electrons. The normalized spacial score (nSPS) is 14.8. The van der Waals surface area contributed by atoms with Gasteiger partial charge in [-0.1, -0.05) is 65.7 Å². The Bertz CT molecular complexity index is 2160. The van der Waals surface area contributed by atoms with Gasteiger partial charge in [-0.2, -0.15) is 0 Å². The highest BCUT2D eigenvalue weighted by Crippen LogP contribution is 2.42. The van der Waals surface area contributed by atoms with E-state index in [2.05, 4.69) is 20.9 Å². The van der Waals surface area contributed by atoms with Gasteiger partial charge in [-0.05, 0) is 30.2 Å². The molecule has 0 radical (unpaired) electrons. The fraction of sp³-hybridized carbons (Fsp3) is 0.270. The maximum atomic E-state index is 13.1. The largest absolute Gasteiger partial charge is 0.481 e. The van der Waals surface area contributed by atoms with Gasteiger partial charge in [0.1, 0.15) is 5.65 Å². The van der Waals surface area contributed by atoms with Crippen molar-refractivity contribution in [3.63, 3.8) is 0 Å². The minimum atomic E-state index is -1.10. The van der Waals surface area contributed by atoms with Gasteiger partial charge >= 0.3 is 5.97 Å². The molecule has 0 saturated carbocycles. The number of aliphatic carboxylic acids is 1. The fourth-order valence-electron chi connectivity index (χ4n) is 6.09. The van der Waals surface area contributed by atoms with Crippen LogP contribution in [0.5, 0.6) is 5.88 Å². The van der Waals surface area contributed by atoms with Crippen molar-refractivity contribution in [1.29, 1.82) is 0 Å². The van der Waals surface area contributed by atoms with Gasteiger partial charge in [0.05, 0.1) is 35.4 Å². The molecule has 3 aromatic heterocycles. The standard InChI is InChI=1S/C37H36Cl2N6O6/c1-51-36-22(16-40-19-24-9-11-32(47)43-24)8-10-30(44-36)29-7-3-6-28(35(29)39)27-5-2-4-26(34(27)38)21-12-13-45-31(14-21)42-18-23(37(45)50)17-41-20-25(46)15-33(48)49/h2-8,10,12-14,18,24-25,40-41,46H,9,11,15-17,19-20H2,1H3,(H,43,47)(H,48,49)/t24-,25-/m1/s1. The fourth-order valence-corrected chi connectivity index (χ4v) is 6.75. The number of carbonyl (C=O) groups excluding carboxylic acids is 1.